The summed E-state index contributed by atoms with van der Waals surface area (Å²) in [6.07, 6.45) is -1.01. The molecule has 1 aliphatic rings. The van der Waals surface area contributed by atoms with Crippen molar-refractivity contribution < 1.29 is 22.8 Å². The molecule has 0 saturated heterocycles. The second-order valence-electron chi connectivity index (χ2n) is 5.10. The van der Waals surface area contributed by atoms with Gasteiger partial charge < -0.3 is 10.6 Å². The van der Waals surface area contributed by atoms with Gasteiger partial charge in [-0.2, -0.15) is 13.2 Å². The molecule has 1 aromatic rings. The molecule has 2 amide bonds. The first-order valence-corrected chi connectivity index (χ1v) is 7.14. The molecule has 4 nitrogen and oxygen atoms in total. The van der Waals surface area contributed by atoms with Crippen molar-refractivity contribution in [2.24, 2.45) is 0 Å². The van der Waals surface area contributed by atoms with Crippen LogP contribution in [0, 0.1) is 0 Å². The summed E-state index contributed by atoms with van der Waals surface area (Å²) >= 11 is 5.75. The topological polar surface area (TPSA) is 58.2 Å². The van der Waals surface area contributed by atoms with Gasteiger partial charge in [-0.05, 0) is 31.0 Å². The molecule has 1 fully saturated rings. The van der Waals surface area contributed by atoms with Crippen LogP contribution in [0.15, 0.2) is 18.2 Å². The summed E-state index contributed by atoms with van der Waals surface area (Å²) in [5.41, 5.74) is -1.20. The molecule has 0 aliphatic heterocycles. The summed E-state index contributed by atoms with van der Waals surface area (Å²) in [7, 11) is 0. The van der Waals surface area contributed by atoms with E-state index in [0.29, 0.717) is 6.07 Å². The molecule has 0 atom stereocenters. The zero-order chi connectivity index (χ0) is 16.3. The maximum atomic E-state index is 12.6. The molecular formula is C14H14ClF3N2O2. The van der Waals surface area contributed by atoms with Gasteiger partial charge in [0, 0.05) is 6.04 Å². The van der Waals surface area contributed by atoms with Crippen LogP contribution in [0.5, 0.6) is 0 Å². The summed E-state index contributed by atoms with van der Waals surface area (Å²) in [5.74, 6) is -1.91. The van der Waals surface area contributed by atoms with Crippen LogP contribution < -0.4 is 10.6 Å². The maximum absolute atomic E-state index is 12.6. The van der Waals surface area contributed by atoms with Gasteiger partial charge in [-0.3, -0.25) is 9.59 Å². The van der Waals surface area contributed by atoms with Crippen LogP contribution in [0.3, 0.4) is 0 Å². The highest BCUT2D eigenvalue weighted by Crippen LogP contribution is 2.33. The van der Waals surface area contributed by atoms with Gasteiger partial charge in [-0.25, -0.2) is 0 Å². The normalized spacial score (nSPS) is 15.6. The minimum atomic E-state index is -4.56. The number of nitrogens with one attached hydrogen (secondary N) is 2. The van der Waals surface area contributed by atoms with E-state index in [-0.39, 0.29) is 16.8 Å². The van der Waals surface area contributed by atoms with Gasteiger partial charge in [-0.15, -0.1) is 0 Å². The van der Waals surface area contributed by atoms with Crippen molar-refractivity contribution in [1.29, 1.82) is 0 Å². The number of alkyl halides is 3. The van der Waals surface area contributed by atoms with Gasteiger partial charge in [0.2, 0.25) is 0 Å². The van der Waals surface area contributed by atoms with E-state index in [9.17, 15) is 22.8 Å². The molecule has 0 spiro atoms. The van der Waals surface area contributed by atoms with Gasteiger partial charge in [-0.1, -0.05) is 24.4 Å². The van der Waals surface area contributed by atoms with Crippen molar-refractivity contribution >= 4 is 29.1 Å². The molecule has 8 heteroatoms. The van der Waals surface area contributed by atoms with Gasteiger partial charge in [0.15, 0.2) is 0 Å². The number of rotatable bonds is 2. The molecule has 0 bridgehead atoms. The van der Waals surface area contributed by atoms with Gasteiger partial charge >= 0.3 is 18.0 Å². The average Bonchev–Trinajstić information content (AvgIpc) is 2.92. The van der Waals surface area contributed by atoms with Crippen molar-refractivity contribution in [2.75, 3.05) is 5.32 Å². The summed E-state index contributed by atoms with van der Waals surface area (Å²) in [6.45, 7) is 0. The number of hydrogen-bond donors (Lipinski definition) is 2. The Bertz CT molecular complexity index is 584. The van der Waals surface area contributed by atoms with E-state index in [2.05, 4.69) is 10.6 Å². The first-order chi connectivity index (χ1) is 10.3. The lowest BCUT2D eigenvalue weighted by Gasteiger charge is -2.13. The lowest BCUT2D eigenvalue weighted by atomic mass is 10.2. The van der Waals surface area contributed by atoms with E-state index in [1.165, 1.54) is 0 Å². The molecule has 1 aromatic carbocycles. The minimum Gasteiger partial charge on any atom is -0.345 e. The predicted octanol–water partition coefficient (Wildman–Crippen LogP) is 3.36. The number of hydrogen-bond acceptors (Lipinski definition) is 2. The van der Waals surface area contributed by atoms with Crippen molar-refractivity contribution in [2.45, 2.75) is 37.9 Å². The molecule has 2 N–H and O–H groups in total. The highest BCUT2D eigenvalue weighted by Gasteiger charge is 2.31. The van der Waals surface area contributed by atoms with Gasteiger partial charge in [0.05, 0.1) is 16.3 Å². The lowest BCUT2D eigenvalue weighted by molar-refractivity contribution is -0.137. The van der Waals surface area contributed by atoms with E-state index in [1.54, 1.807) is 0 Å². The standard InChI is InChI=1S/C14H14ClF3N2O2/c15-10-6-5-8(14(16,17)18)7-11(10)20-13(22)12(21)19-9-3-1-2-4-9/h5-7,9H,1-4H2,(H,19,21)(H,20,22). The van der Waals surface area contributed by atoms with E-state index in [4.69, 9.17) is 11.6 Å². The molecule has 0 heterocycles. The number of carbonyl (C=O) groups is 2. The second-order valence-corrected chi connectivity index (χ2v) is 5.51. The van der Waals surface area contributed by atoms with E-state index < -0.39 is 23.6 Å². The minimum absolute atomic E-state index is 0.0600. The van der Waals surface area contributed by atoms with Gasteiger partial charge in [0.25, 0.3) is 0 Å². The summed E-state index contributed by atoms with van der Waals surface area (Å²) in [5, 5.41) is 4.59. The predicted molar refractivity (Wildman–Crippen MR) is 75.5 cm³/mol. The molecular weight excluding hydrogens is 321 g/mol. The SMILES string of the molecule is O=C(Nc1cc(C(F)(F)F)ccc1Cl)C(=O)NC1CCCC1. The largest absolute Gasteiger partial charge is 0.416 e. The van der Waals surface area contributed by atoms with Crippen LogP contribution in [0.4, 0.5) is 18.9 Å². The number of amides is 2. The van der Waals surface area contributed by atoms with Crippen molar-refractivity contribution in [1.82, 2.24) is 5.32 Å². The average molecular weight is 335 g/mol. The van der Waals surface area contributed by atoms with Crippen molar-refractivity contribution in [3.63, 3.8) is 0 Å². The fourth-order valence-electron chi connectivity index (χ4n) is 2.30. The van der Waals surface area contributed by atoms with Crippen LogP contribution in [-0.2, 0) is 15.8 Å². The molecule has 0 radical (unpaired) electrons. The Morgan fingerprint density at radius 1 is 1.14 bits per heavy atom. The molecule has 0 aromatic heterocycles. The highest BCUT2D eigenvalue weighted by atomic mass is 35.5. The summed E-state index contributed by atoms with van der Waals surface area (Å²) < 4.78 is 37.9. The fourth-order valence-corrected chi connectivity index (χ4v) is 2.46. The Hall–Kier alpha value is -1.76. The summed E-state index contributed by atoms with van der Waals surface area (Å²) in [4.78, 5) is 23.5. The quantitative estimate of drug-likeness (QED) is 0.815. The first-order valence-electron chi connectivity index (χ1n) is 6.76. The number of anilines is 1. The van der Waals surface area contributed by atoms with Crippen molar-refractivity contribution in [3.05, 3.63) is 28.8 Å². The maximum Gasteiger partial charge on any atom is 0.416 e. The Balaban J connectivity index is 2.05. The lowest BCUT2D eigenvalue weighted by Crippen LogP contribution is -2.40. The van der Waals surface area contributed by atoms with Crippen LogP contribution >= 0.6 is 11.6 Å². The molecule has 1 aliphatic carbocycles. The third kappa shape index (κ3) is 4.13. The van der Waals surface area contributed by atoms with Crippen LogP contribution in [0.25, 0.3) is 0 Å². The Kier molecular flexibility index (Phi) is 4.95. The fraction of sp³-hybridized carbons (Fsp3) is 0.429. The van der Waals surface area contributed by atoms with E-state index >= 15 is 0 Å². The highest BCUT2D eigenvalue weighted by molar-refractivity contribution is 6.41. The molecule has 120 valence electrons. The van der Waals surface area contributed by atoms with Crippen LogP contribution in [0.1, 0.15) is 31.2 Å². The zero-order valence-electron chi connectivity index (χ0n) is 11.5. The van der Waals surface area contributed by atoms with Crippen molar-refractivity contribution in [3.8, 4) is 0 Å². The molecule has 22 heavy (non-hydrogen) atoms. The summed E-state index contributed by atoms with van der Waals surface area (Å²) in [6, 6.07) is 2.46. The zero-order valence-corrected chi connectivity index (χ0v) is 12.2. The monoisotopic (exact) mass is 334 g/mol. The number of benzene rings is 1. The Labute approximate surface area is 130 Å². The third-order valence-corrected chi connectivity index (χ3v) is 3.77. The molecule has 1 saturated carbocycles. The van der Waals surface area contributed by atoms with E-state index in [1.807, 2.05) is 0 Å². The first kappa shape index (κ1) is 16.6. The van der Waals surface area contributed by atoms with E-state index in [0.717, 1.165) is 37.8 Å². The molecule has 0 unspecified atom stereocenters. The van der Waals surface area contributed by atoms with Crippen LogP contribution in [0.2, 0.25) is 5.02 Å². The van der Waals surface area contributed by atoms with Crippen LogP contribution in [-0.4, -0.2) is 17.9 Å². The Morgan fingerprint density at radius 3 is 2.36 bits per heavy atom. The second kappa shape index (κ2) is 6.56. The smallest absolute Gasteiger partial charge is 0.345 e. The molecule has 2 rings (SSSR count). The Morgan fingerprint density at radius 2 is 1.77 bits per heavy atom. The van der Waals surface area contributed by atoms with Gasteiger partial charge in [0.1, 0.15) is 0 Å². The number of halogens is 4. The number of carbonyl (C=O) groups excluding carboxylic acids is 2. The third-order valence-electron chi connectivity index (χ3n) is 3.44.